The highest BCUT2D eigenvalue weighted by Gasteiger charge is 2.34. The molecule has 1 aliphatic carbocycles. The van der Waals surface area contributed by atoms with Crippen LogP contribution < -0.4 is 26.7 Å². The Morgan fingerprint density at radius 1 is 1.09 bits per heavy atom. The van der Waals surface area contributed by atoms with Gasteiger partial charge >= 0.3 is 6.36 Å². The normalized spacial score (nSPS) is 23.6. The highest BCUT2D eigenvalue weighted by molar-refractivity contribution is 7.97. The largest absolute Gasteiger partial charge is 0.573 e. The van der Waals surface area contributed by atoms with Crippen LogP contribution in [0.3, 0.4) is 0 Å². The smallest absolute Gasteiger partial charge is 0.406 e. The van der Waals surface area contributed by atoms with Crippen molar-refractivity contribution in [2.75, 3.05) is 18.0 Å². The third-order valence-corrected chi connectivity index (χ3v) is 7.81. The number of hydrogen-bond acceptors (Lipinski definition) is 7. The zero-order chi connectivity index (χ0) is 24.5. The number of benzene rings is 2. The van der Waals surface area contributed by atoms with Crippen LogP contribution in [0.25, 0.3) is 0 Å². The molecule has 0 aromatic heterocycles. The maximum Gasteiger partial charge on any atom is 0.573 e. The molecule has 11 heteroatoms. The van der Waals surface area contributed by atoms with Gasteiger partial charge in [-0.05, 0) is 80.1 Å². The lowest BCUT2D eigenvalue weighted by atomic mass is 10.1. The molecule has 0 spiro atoms. The fourth-order valence-corrected chi connectivity index (χ4v) is 6.01. The van der Waals surface area contributed by atoms with Gasteiger partial charge in [-0.2, -0.15) is 5.10 Å². The molecule has 184 valence electrons. The molecule has 0 radical (unpaired) electrons. The van der Waals surface area contributed by atoms with Gasteiger partial charge in [0.05, 0.1) is 0 Å². The van der Waals surface area contributed by atoms with E-state index in [9.17, 15) is 13.2 Å². The monoisotopic (exact) mass is 494 g/mol. The van der Waals surface area contributed by atoms with Gasteiger partial charge in [-0.25, -0.2) is 10.1 Å². The first-order valence-corrected chi connectivity index (χ1v) is 11.9. The van der Waals surface area contributed by atoms with E-state index in [0.29, 0.717) is 5.84 Å². The third kappa shape index (κ3) is 5.37. The average molecular weight is 495 g/mol. The standard InChI is InChI=1S/C23H29F3N6OS/c1-14-12-31(18-6-8-19(9-7-18)33-23(24,25)26)13-15(2)32(14)34-21-5-3-4-16-10-17(11-20(16)21)22(29-27)30-28/h3-9,14-15,17H,10-13,27-28H2,1-2H3,(H,29,30). The Balaban J connectivity index is 1.44. The second kappa shape index (κ2) is 9.93. The van der Waals surface area contributed by atoms with Gasteiger partial charge in [-0.15, -0.1) is 13.2 Å². The van der Waals surface area contributed by atoms with Crippen molar-refractivity contribution in [3.8, 4) is 5.75 Å². The lowest BCUT2D eigenvalue weighted by Gasteiger charge is -2.44. The van der Waals surface area contributed by atoms with E-state index in [1.54, 1.807) is 24.1 Å². The summed E-state index contributed by atoms with van der Waals surface area (Å²) in [6, 6.07) is 12.9. The lowest BCUT2D eigenvalue weighted by molar-refractivity contribution is -0.274. The zero-order valence-corrected chi connectivity index (χ0v) is 19.9. The summed E-state index contributed by atoms with van der Waals surface area (Å²) in [5.41, 5.74) is 6.08. The summed E-state index contributed by atoms with van der Waals surface area (Å²) in [6.07, 6.45) is -3.02. The first-order valence-electron chi connectivity index (χ1n) is 11.1. The molecular formula is C23H29F3N6OS. The van der Waals surface area contributed by atoms with E-state index in [2.05, 4.69) is 56.5 Å². The van der Waals surface area contributed by atoms with Crippen molar-refractivity contribution >= 4 is 23.5 Å². The molecule has 0 bridgehead atoms. The Bertz CT molecular complexity index is 1020. The first-order chi connectivity index (χ1) is 16.2. The summed E-state index contributed by atoms with van der Waals surface area (Å²) in [5.74, 6) is 11.6. The number of hydrogen-bond donors (Lipinski definition) is 3. The minimum atomic E-state index is -4.69. The molecule has 1 saturated heterocycles. The number of ether oxygens (including phenoxy) is 1. The average Bonchev–Trinajstić information content (AvgIpc) is 3.21. The Morgan fingerprint density at radius 2 is 1.76 bits per heavy atom. The summed E-state index contributed by atoms with van der Waals surface area (Å²) in [4.78, 5) is 3.42. The van der Waals surface area contributed by atoms with Gasteiger partial charge in [-0.1, -0.05) is 12.1 Å². The van der Waals surface area contributed by atoms with Gasteiger partial charge in [-0.3, -0.25) is 0 Å². The van der Waals surface area contributed by atoms with Crippen LogP contribution in [0.4, 0.5) is 18.9 Å². The zero-order valence-electron chi connectivity index (χ0n) is 19.0. The van der Waals surface area contributed by atoms with E-state index in [1.165, 1.54) is 28.2 Å². The number of nitrogens with two attached hydrogens (primary N) is 2. The predicted molar refractivity (Wildman–Crippen MR) is 128 cm³/mol. The topological polar surface area (TPSA) is 92.1 Å². The summed E-state index contributed by atoms with van der Waals surface area (Å²) in [7, 11) is 0. The number of hydrazine groups is 1. The van der Waals surface area contributed by atoms with Crippen LogP contribution in [0.5, 0.6) is 5.75 Å². The van der Waals surface area contributed by atoms with Crippen LogP contribution >= 0.6 is 11.9 Å². The molecule has 3 atom stereocenters. The van der Waals surface area contributed by atoms with Crippen molar-refractivity contribution in [3.63, 3.8) is 0 Å². The molecule has 2 aromatic rings. The van der Waals surface area contributed by atoms with Crippen molar-refractivity contribution < 1.29 is 17.9 Å². The number of nitrogens with one attached hydrogen (secondary N) is 1. The SMILES string of the molecule is CC1CN(c2ccc(OC(F)(F)F)cc2)CC(C)N1Sc1cccc2c1CC(/C(=N/N)NN)C2. The minimum absolute atomic E-state index is 0.141. The molecule has 2 aromatic carbocycles. The summed E-state index contributed by atoms with van der Waals surface area (Å²) >= 11 is 1.76. The van der Waals surface area contributed by atoms with Crippen molar-refractivity contribution in [3.05, 3.63) is 53.6 Å². The summed E-state index contributed by atoms with van der Waals surface area (Å²) in [6.45, 7) is 5.85. The van der Waals surface area contributed by atoms with Crippen molar-refractivity contribution in [2.45, 2.75) is 50.0 Å². The molecule has 1 heterocycles. The number of alkyl halides is 3. The fraction of sp³-hybridized carbons (Fsp3) is 0.435. The Labute approximate surface area is 201 Å². The van der Waals surface area contributed by atoms with E-state index >= 15 is 0 Å². The lowest BCUT2D eigenvalue weighted by Crippen LogP contribution is -2.53. The molecule has 3 unspecified atom stereocenters. The Morgan fingerprint density at radius 3 is 2.35 bits per heavy atom. The summed E-state index contributed by atoms with van der Waals surface area (Å²) < 4.78 is 43.7. The van der Waals surface area contributed by atoms with E-state index in [0.717, 1.165) is 31.6 Å². The maximum atomic E-state index is 12.4. The highest BCUT2D eigenvalue weighted by atomic mass is 32.2. The number of fused-ring (bicyclic) bond motifs is 1. The molecule has 4 rings (SSSR count). The number of nitrogens with zero attached hydrogens (tertiary/aromatic N) is 3. The molecule has 1 fully saturated rings. The molecule has 1 aliphatic heterocycles. The van der Waals surface area contributed by atoms with E-state index < -0.39 is 6.36 Å². The maximum absolute atomic E-state index is 12.4. The second-order valence-electron chi connectivity index (χ2n) is 8.75. The van der Waals surface area contributed by atoms with Gasteiger partial charge in [0.15, 0.2) is 0 Å². The number of piperazine rings is 1. The number of hydrazone groups is 1. The molecule has 0 saturated carbocycles. The molecule has 5 N–H and O–H groups in total. The minimum Gasteiger partial charge on any atom is -0.406 e. The molecule has 34 heavy (non-hydrogen) atoms. The number of amidine groups is 1. The van der Waals surface area contributed by atoms with Crippen LogP contribution in [-0.4, -0.2) is 41.7 Å². The van der Waals surface area contributed by atoms with Gasteiger partial charge < -0.3 is 20.9 Å². The van der Waals surface area contributed by atoms with Crippen molar-refractivity contribution in [1.29, 1.82) is 0 Å². The highest BCUT2D eigenvalue weighted by Crippen LogP contribution is 2.39. The number of halogens is 3. The second-order valence-corrected chi connectivity index (χ2v) is 9.80. The van der Waals surface area contributed by atoms with E-state index in [4.69, 9.17) is 11.7 Å². The third-order valence-electron chi connectivity index (χ3n) is 6.30. The quantitative estimate of drug-likeness (QED) is 0.192. The van der Waals surface area contributed by atoms with Crippen molar-refractivity contribution in [1.82, 2.24) is 9.73 Å². The van der Waals surface area contributed by atoms with E-state index in [-0.39, 0.29) is 23.8 Å². The Hall–Kier alpha value is -2.63. The van der Waals surface area contributed by atoms with Crippen LogP contribution in [0.15, 0.2) is 52.5 Å². The first kappa shape index (κ1) is 24.5. The van der Waals surface area contributed by atoms with Gasteiger partial charge in [0, 0.05) is 41.7 Å². The fourth-order valence-electron chi connectivity index (χ4n) is 4.83. The van der Waals surface area contributed by atoms with Crippen LogP contribution in [0.2, 0.25) is 0 Å². The molecule has 2 aliphatic rings. The predicted octanol–water partition coefficient (Wildman–Crippen LogP) is 3.64. The van der Waals surface area contributed by atoms with Crippen LogP contribution in [-0.2, 0) is 12.8 Å². The number of anilines is 1. The van der Waals surface area contributed by atoms with Crippen molar-refractivity contribution in [2.24, 2.45) is 22.7 Å². The molecule has 7 nitrogen and oxygen atoms in total. The van der Waals surface area contributed by atoms with Gasteiger partial charge in [0.1, 0.15) is 11.6 Å². The van der Waals surface area contributed by atoms with Crippen LogP contribution in [0, 0.1) is 5.92 Å². The van der Waals surface area contributed by atoms with E-state index in [1.807, 2.05) is 0 Å². The van der Waals surface area contributed by atoms with Gasteiger partial charge in [0.2, 0.25) is 0 Å². The Kier molecular flexibility index (Phi) is 7.15. The molecule has 0 amide bonds. The summed E-state index contributed by atoms with van der Waals surface area (Å²) in [5, 5.41) is 3.80. The molecular weight excluding hydrogens is 465 g/mol. The number of rotatable bonds is 5. The van der Waals surface area contributed by atoms with Gasteiger partial charge in [0.25, 0.3) is 0 Å². The van der Waals surface area contributed by atoms with Crippen LogP contribution in [0.1, 0.15) is 25.0 Å².